The molecule has 3 rings (SSSR count). The first-order chi connectivity index (χ1) is 12.2. The van der Waals surface area contributed by atoms with Crippen molar-refractivity contribution in [1.82, 2.24) is 4.98 Å². The second kappa shape index (κ2) is 7.85. The Kier molecular flexibility index (Phi) is 5.35. The Bertz CT molecular complexity index is 705. The number of morpholine rings is 1. The number of aromatic nitrogens is 1. The number of hydrogen-bond donors (Lipinski definition) is 1. The summed E-state index contributed by atoms with van der Waals surface area (Å²) in [7, 11) is 3.03. The Morgan fingerprint density at radius 3 is 2.36 bits per heavy atom. The lowest BCUT2D eigenvalue weighted by molar-refractivity contribution is 0.102. The molecule has 7 heteroatoms. The lowest BCUT2D eigenvalue weighted by Gasteiger charge is -2.28. The van der Waals surface area contributed by atoms with Gasteiger partial charge in [-0.25, -0.2) is 4.98 Å². The molecule has 25 heavy (non-hydrogen) atoms. The largest absolute Gasteiger partial charge is 0.496 e. The Hall–Kier alpha value is -2.80. The van der Waals surface area contributed by atoms with Gasteiger partial charge < -0.3 is 24.4 Å². The molecule has 0 bridgehead atoms. The summed E-state index contributed by atoms with van der Waals surface area (Å²) < 4.78 is 15.9. The van der Waals surface area contributed by atoms with Crippen molar-refractivity contribution in [2.24, 2.45) is 0 Å². The average Bonchev–Trinajstić information content (AvgIpc) is 2.68. The van der Waals surface area contributed by atoms with E-state index in [0.717, 1.165) is 18.8 Å². The van der Waals surface area contributed by atoms with Crippen molar-refractivity contribution in [2.75, 3.05) is 50.7 Å². The van der Waals surface area contributed by atoms with E-state index >= 15 is 0 Å². The van der Waals surface area contributed by atoms with Crippen molar-refractivity contribution >= 4 is 17.4 Å². The number of carbonyl (C=O) groups is 1. The van der Waals surface area contributed by atoms with Gasteiger partial charge in [-0.2, -0.15) is 0 Å². The summed E-state index contributed by atoms with van der Waals surface area (Å²) in [6.07, 6.45) is 1.75. The fourth-order valence-electron chi connectivity index (χ4n) is 2.72. The van der Waals surface area contributed by atoms with Crippen LogP contribution in [0.4, 0.5) is 11.5 Å². The van der Waals surface area contributed by atoms with Gasteiger partial charge in [-0.05, 0) is 24.3 Å². The van der Waals surface area contributed by atoms with E-state index in [1.54, 1.807) is 30.5 Å². The molecule has 0 spiro atoms. The van der Waals surface area contributed by atoms with Crippen LogP contribution in [0, 0.1) is 0 Å². The number of methoxy groups -OCH3 is 2. The quantitative estimate of drug-likeness (QED) is 0.897. The minimum Gasteiger partial charge on any atom is -0.496 e. The summed E-state index contributed by atoms with van der Waals surface area (Å²) in [5.74, 6) is 1.03. The fraction of sp³-hybridized carbons (Fsp3) is 0.333. The van der Waals surface area contributed by atoms with Gasteiger partial charge in [0.15, 0.2) is 0 Å². The SMILES string of the molecule is COc1cccc(OC)c1C(=O)Nc1ccc(N2CCOCC2)cn1. The predicted molar refractivity (Wildman–Crippen MR) is 94.8 cm³/mol. The van der Waals surface area contributed by atoms with Gasteiger partial charge in [0.2, 0.25) is 0 Å². The third-order valence-corrected chi connectivity index (χ3v) is 4.02. The zero-order valence-corrected chi connectivity index (χ0v) is 14.3. The van der Waals surface area contributed by atoms with Crippen LogP contribution >= 0.6 is 0 Å². The molecule has 132 valence electrons. The van der Waals surface area contributed by atoms with Crippen LogP contribution in [0.2, 0.25) is 0 Å². The number of nitrogens with one attached hydrogen (secondary N) is 1. The fourth-order valence-corrected chi connectivity index (χ4v) is 2.72. The molecule has 0 aliphatic carbocycles. The lowest BCUT2D eigenvalue weighted by atomic mass is 10.1. The van der Waals surface area contributed by atoms with E-state index in [-0.39, 0.29) is 5.91 Å². The Balaban J connectivity index is 1.75. The van der Waals surface area contributed by atoms with Gasteiger partial charge in [0.1, 0.15) is 22.9 Å². The zero-order valence-electron chi connectivity index (χ0n) is 14.3. The standard InChI is InChI=1S/C18H21N3O4/c1-23-14-4-3-5-15(24-2)17(14)18(22)20-16-7-6-13(12-19-16)21-8-10-25-11-9-21/h3-7,12H,8-11H2,1-2H3,(H,19,20,22). The molecule has 1 aromatic heterocycles. The van der Waals surface area contributed by atoms with Gasteiger partial charge in [-0.1, -0.05) is 6.07 Å². The van der Waals surface area contributed by atoms with Gasteiger partial charge in [-0.3, -0.25) is 4.79 Å². The first-order valence-electron chi connectivity index (χ1n) is 8.04. The highest BCUT2D eigenvalue weighted by Gasteiger charge is 2.19. The van der Waals surface area contributed by atoms with E-state index in [1.807, 2.05) is 6.07 Å². The van der Waals surface area contributed by atoms with Crippen molar-refractivity contribution in [3.8, 4) is 11.5 Å². The number of rotatable bonds is 5. The number of ether oxygens (including phenoxy) is 3. The van der Waals surface area contributed by atoms with Crippen LogP contribution in [0.15, 0.2) is 36.5 Å². The molecular formula is C18H21N3O4. The third kappa shape index (κ3) is 3.83. The molecule has 1 N–H and O–H groups in total. The van der Waals surface area contributed by atoms with Crippen molar-refractivity contribution in [2.45, 2.75) is 0 Å². The first kappa shape index (κ1) is 17.0. The average molecular weight is 343 g/mol. The van der Waals surface area contributed by atoms with Crippen LogP contribution in [-0.2, 0) is 4.74 Å². The molecule has 0 unspecified atom stereocenters. The summed E-state index contributed by atoms with van der Waals surface area (Å²) >= 11 is 0. The topological polar surface area (TPSA) is 72.9 Å². The van der Waals surface area contributed by atoms with Crippen LogP contribution in [0.25, 0.3) is 0 Å². The van der Waals surface area contributed by atoms with Crippen molar-refractivity contribution < 1.29 is 19.0 Å². The molecule has 1 fully saturated rings. The molecule has 1 saturated heterocycles. The molecule has 0 saturated carbocycles. The summed E-state index contributed by atoms with van der Waals surface area (Å²) in [6, 6.07) is 8.92. The Labute approximate surface area is 146 Å². The molecule has 1 aromatic carbocycles. The second-order valence-corrected chi connectivity index (χ2v) is 5.49. The molecule has 2 heterocycles. The number of carbonyl (C=O) groups excluding carboxylic acids is 1. The monoisotopic (exact) mass is 343 g/mol. The van der Waals surface area contributed by atoms with Gasteiger partial charge in [0.25, 0.3) is 5.91 Å². The smallest absolute Gasteiger partial charge is 0.264 e. The number of pyridine rings is 1. The minimum absolute atomic E-state index is 0.332. The van der Waals surface area contributed by atoms with E-state index in [2.05, 4.69) is 15.2 Å². The molecule has 2 aromatic rings. The molecule has 0 radical (unpaired) electrons. The summed E-state index contributed by atoms with van der Waals surface area (Å²) in [4.78, 5) is 19.2. The lowest BCUT2D eigenvalue weighted by Crippen LogP contribution is -2.36. The Morgan fingerprint density at radius 2 is 1.80 bits per heavy atom. The maximum absolute atomic E-state index is 12.6. The normalized spacial score (nSPS) is 14.1. The zero-order chi connectivity index (χ0) is 17.6. The summed E-state index contributed by atoms with van der Waals surface area (Å²) in [6.45, 7) is 3.11. The van der Waals surface area contributed by atoms with Crippen LogP contribution in [-0.4, -0.2) is 51.4 Å². The van der Waals surface area contributed by atoms with Crippen LogP contribution in [0.5, 0.6) is 11.5 Å². The molecule has 7 nitrogen and oxygen atoms in total. The van der Waals surface area contributed by atoms with E-state index in [9.17, 15) is 4.79 Å². The Morgan fingerprint density at radius 1 is 1.12 bits per heavy atom. The molecule has 1 amide bonds. The second-order valence-electron chi connectivity index (χ2n) is 5.49. The van der Waals surface area contributed by atoms with Crippen molar-refractivity contribution in [3.05, 3.63) is 42.1 Å². The minimum atomic E-state index is -0.332. The highest BCUT2D eigenvalue weighted by Crippen LogP contribution is 2.29. The maximum Gasteiger partial charge on any atom is 0.264 e. The van der Waals surface area contributed by atoms with Gasteiger partial charge >= 0.3 is 0 Å². The van der Waals surface area contributed by atoms with Crippen molar-refractivity contribution in [3.63, 3.8) is 0 Å². The van der Waals surface area contributed by atoms with Crippen LogP contribution in [0.1, 0.15) is 10.4 Å². The summed E-state index contributed by atoms with van der Waals surface area (Å²) in [5, 5.41) is 2.78. The predicted octanol–water partition coefficient (Wildman–Crippen LogP) is 2.19. The van der Waals surface area contributed by atoms with Gasteiger partial charge in [-0.15, -0.1) is 0 Å². The van der Waals surface area contributed by atoms with Gasteiger partial charge in [0, 0.05) is 13.1 Å². The summed E-state index contributed by atoms with van der Waals surface area (Å²) in [5.41, 5.74) is 1.35. The highest BCUT2D eigenvalue weighted by molar-refractivity contribution is 6.07. The maximum atomic E-state index is 12.6. The van der Waals surface area contributed by atoms with Crippen molar-refractivity contribution in [1.29, 1.82) is 0 Å². The van der Waals surface area contributed by atoms with E-state index in [1.165, 1.54) is 14.2 Å². The van der Waals surface area contributed by atoms with E-state index < -0.39 is 0 Å². The number of benzene rings is 1. The number of nitrogens with zero attached hydrogens (tertiary/aromatic N) is 2. The van der Waals surface area contributed by atoms with E-state index in [4.69, 9.17) is 14.2 Å². The van der Waals surface area contributed by atoms with Gasteiger partial charge in [0.05, 0.1) is 39.3 Å². The highest BCUT2D eigenvalue weighted by atomic mass is 16.5. The molecule has 1 aliphatic rings. The molecule has 0 atom stereocenters. The first-order valence-corrected chi connectivity index (χ1v) is 8.04. The van der Waals surface area contributed by atoms with Crippen LogP contribution < -0.4 is 19.7 Å². The third-order valence-electron chi connectivity index (χ3n) is 4.02. The molecule has 1 aliphatic heterocycles. The number of anilines is 2. The number of amides is 1. The molecular weight excluding hydrogens is 322 g/mol. The van der Waals surface area contributed by atoms with Crippen LogP contribution in [0.3, 0.4) is 0 Å². The van der Waals surface area contributed by atoms with E-state index in [0.29, 0.717) is 36.1 Å². The number of hydrogen-bond acceptors (Lipinski definition) is 6.